The zero-order valence-electron chi connectivity index (χ0n) is 9.31. The topological polar surface area (TPSA) is 63.8 Å². The molecule has 1 atom stereocenters. The van der Waals surface area contributed by atoms with Crippen molar-refractivity contribution in [1.82, 2.24) is 9.97 Å². The minimum atomic E-state index is 0.282. The SMILES string of the molecule is CC(CC1CC1)Nc1cnc(C(N)=S)cn1. The quantitative estimate of drug-likeness (QED) is 0.762. The molecule has 0 radical (unpaired) electrons. The van der Waals surface area contributed by atoms with E-state index in [1.54, 1.807) is 12.4 Å². The Bertz CT molecular complexity index is 372. The Morgan fingerprint density at radius 2 is 2.31 bits per heavy atom. The van der Waals surface area contributed by atoms with E-state index in [1.807, 2.05) is 0 Å². The molecular weight excluding hydrogens is 220 g/mol. The monoisotopic (exact) mass is 236 g/mol. The summed E-state index contributed by atoms with van der Waals surface area (Å²) in [6, 6.07) is 0.442. The van der Waals surface area contributed by atoms with Crippen molar-refractivity contribution in [1.29, 1.82) is 0 Å². The lowest BCUT2D eigenvalue weighted by molar-refractivity contribution is 0.639. The van der Waals surface area contributed by atoms with Gasteiger partial charge in [0.2, 0.25) is 0 Å². The number of hydrogen-bond acceptors (Lipinski definition) is 4. The second kappa shape index (κ2) is 4.74. The first-order valence-electron chi connectivity index (χ1n) is 5.53. The lowest BCUT2D eigenvalue weighted by Crippen LogP contribution is -2.18. The molecule has 5 heteroatoms. The van der Waals surface area contributed by atoms with Gasteiger partial charge in [0.05, 0.1) is 12.4 Å². The molecule has 0 aromatic carbocycles. The van der Waals surface area contributed by atoms with E-state index in [1.165, 1.54) is 19.3 Å². The molecule has 1 aliphatic carbocycles. The molecule has 1 fully saturated rings. The van der Waals surface area contributed by atoms with E-state index in [-0.39, 0.29) is 4.99 Å². The number of thiocarbonyl (C=S) groups is 1. The molecule has 0 amide bonds. The van der Waals surface area contributed by atoms with Gasteiger partial charge >= 0.3 is 0 Å². The van der Waals surface area contributed by atoms with Gasteiger partial charge in [0, 0.05) is 6.04 Å². The molecule has 1 aromatic rings. The second-order valence-electron chi connectivity index (χ2n) is 4.38. The molecule has 0 saturated heterocycles. The maximum absolute atomic E-state index is 5.45. The highest BCUT2D eigenvalue weighted by Gasteiger charge is 2.23. The fourth-order valence-electron chi connectivity index (χ4n) is 1.69. The number of nitrogens with two attached hydrogens (primary N) is 1. The lowest BCUT2D eigenvalue weighted by atomic mass is 10.1. The maximum Gasteiger partial charge on any atom is 0.144 e. The normalized spacial score (nSPS) is 16.8. The molecule has 1 saturated carbocycles. The van der Waals surface area contributed by atoms with E-state index in [0.717, 1.165) is 11.7 Å². The van der Waals surface area contributed by atoms with E-state index in [4.69, 9.17) is 18.0 Å². The number of hydrogen-bond donors (Lipinski definition) is 2. The van der Waals surface area contributed by atoms with Gasteiger partial charge in [-0.05, 0) is 19.3 Å². The van der Waals surface area contributed by atoms with Crippen LogP contribution in [0.5, 0.6) is 0 Å². The summed E-state index contributed by atoms with van der Waals surface area (Å²) in [4.78, 5) is 8.64. The third-order valence-corrected chi connectivity index (χ3v) is 2.89. The standard InChI is InChI=1S/C11H16N4S/c1-7(4-8-2-3-8)15-10-6-13-9(5-14-10)11(12)16/h5-8H,2-4H2,1H3,(H2,12,16)(H,14,15). The molecule has 2 rings (SSSR count). The van der Waals surface area contributed by atoms with Crippen molar-refractivity contribution >= 4 is 23.0 Å². The van der Waals surface area contributed by atoms with Crippen molar-refractivity contribution in [2.24, 2.45) is 11.7 Å². The predicted molar refractivity (Wildman–Crippen MR) is 68.3 cm³/mol. The van der Waals surface area contributed by atoms with Crippen LogP contribution < -0.4 is 11.1 Å². The number of anilines is 1. The Balaban J connectivity index is 1.90. The van der Waals surface area contributed by atoms with Crippen LogP contribution in [0.15, 0.2) is 12.4 Å². The van der Waals surface area contributed by atoms with E-state index in [2.05, 4.69) is 22.2 Å². The first kappa shape index (κ1) is 11.3. The summed E-state index contributed by atoms with van der Waals surface area (Å²) in [5.74, 6) is 1.69. The van der Waals surface area contributed by atoms with Crippen LogP contribution in [0, 0.1) is 5.92 Å². The molecule has 86 valence electrons. The minimum Gasteiger partial charge on any atom is -0.388 e. The number of aromatic nitrogens is 2. The van der Waals surface area contributed by atoms with Crippen LogP contribution in [0.1, 0.15) is 31.9 Å². The second-order valence-corrected chi connectivity index (χ2v) is 4.82. The highest BCUT2D eigenvalue weighted by molar-refractivity contribution is 7.80. The Morgan fingerprint density at radius 3 is 2.81 bits per heavy atom. The maximum atomic E-state index is 5.45. The molecule has 1 aromatic heterocycles. The summed E-state index contributed by atoms with van der Waals surface area (Å²) < 4.78 is 0. The van der Waals surface area contributed by atoms with Crippen LogP contribution >= 0.6 is 12.2 Å². The fraction of sp³-hybridized carbons (Fsp3) is 0.545. The molecule has 1 heterocycles. The first-order chi connectivity index (χ1) is 7.65. The summed E-state index contributed by atoms with van der Waals surface area (Å²) in [5, 5.41) is 3.32. The van der Waals surface area contributed by atoms with Crippen LogP contribution in [-0.4, -0.2) is 21.0 Å². The third-order valence-electron chi connectivity index (χ3n) is 2.68. The zero-order valence-corrected chi connectivity index (χ0v) is 10.1. The summed E-state index contributed by atoms with van der Waals surface area (Å²) in [5.41, 5.74) is 6.01. The molecular formula is C11H16N4S. The molecule has 0 spiro atoms. The summed E-state index contributed by atoms with van der Waals surface area (Å²) in [7, 11) is 0. The van der Waals surface area contributed by atoms with Gasteiger partial charge in [0.15, 0.2) is 0 Å². The van der Waals surface area contributed by atoms with Crippen LogP contribution in [0.25, 0.3) is 0 Å². The average molecular weight is 236 g/mol. The fourth-order valence-corrected chi connectivity index (χ4v) is 1.80. The van der Waals surface area contributed by atoms with Crippen LogP contribution in [0.2, 0.25) is 0 Å². The van der Waals surface area contributed by atoms with Crippen LogP contribution in [0.4, 0.5) is 5.82 Å². The lowest BCUT2D eigenvalue weighted by Gasteiger charge is -2.13. The Kier molecular flexibility index (Phi) is 3.33. The third kappa shape index (κ3) is 3.13. The van der Waals surface area contributed by atoms with Gasteiger partial charge in [-0.2, -0.15) is 0 Å². The Labute approximate surface area is 101 Å². The van der Waals surface area contributed by atoms with E-state index in [0.29, 0.717) is 11.7 Å². The molecule has 4 nitrogen and oxygen atoms in total. The summed E-state index contributed by atoms with van der Waals surface area (Å²) >= 11 is 4.81. The number of nitrogens with one attached hydrogen (secondary N) is 1. The van der Waals surface area contributed by atoms with Gasteiger partial charge in [-0.25, -0.2) is 9.97 Å². The van der Waals surface area contributed by atoms with Crippen molar-refractivity contribution in [3.63, 3.8) is 0 Å². The molecule has 3 N–H and O–H groups in total. The highest BCUT2D eigenvalue weighted by atomic mass is 32.1. The summed E-state index contributed by atoms with van der Waals surface area (Å²) in [6.45, 7) is 2.17. The van der Waals surface area contributed by atoms with Crippen molar-refractivity contribution in [2.45, 2.75) is 32.2 Å². The van der Waals surface area contributed by atoms with Crippen molar-refractivity contribution < 1.29 is 0 Å². The first-order valence-corrected chi connectivity index (χ1v) is 5.94. The predicted octanol–water partition coefficient (Wildman–Crippen LogP) is 1.71. The highest BCUT2D eigenvalue weighted by Crippen LogP contribution is 2.33. The van der Waals surface area contributed by atoms with Crippen LogP contribution in [0.3, 0.4) is 0 Å². The van der Waals surface area contributed by atoms with Crippen LogP contribution in [-0.2, 0) is 0 Å². The molecule has 16 heavy (non-hydrogen) atoms. The van der Waals surface area contributed by atoms with Gasteiger partial charge in [0.25, 0.3) is 0 Å². The zero-order chi connectivity index (χ0) is 11.5. The largest absolute Gasteiger partial charge is 0.388 e. The smallest absolute Gasteiger partial charge is 0.144 e. The molecule has 0 aliphatic heterocycles. The minimum absolute atomic E-state index is 0.282. The van der Waals surface area contributed by atoms with E-state index < -0.39 is 0 Å². The van der Waals surface area contributed by atoms with Crippen molar-refractivity contribution in [3.05, 3.63) is 18.1 Å². The molecule has 0 bridgehead atoms. The van der Waals surface area contributed by atoms with Gasteiger partial charge in [-0.1, -0.05) is 25.1 Å². The Morgan fingerprint density at radius 1 is 1.56 bits per heavy atom. The van der Waals surface area contributed by atoms with Gasteiger partial charge in [-0.15, -0.1) is 0 Å². The molecule has 1 aliphatic rings. The van der Waals surface area contributed by atoms with Gasteiger partial charge in [-0.3, -0.25) is 0 Å². The van der Waals surface area contributed by atoms with Crippen molar-refractivity contribution in [3.8, 4) is 0 Å². The number of nitrogens with zero attached hydrogens (tertiary/aromatic N) is 2. The summed E-state index contributed by atoms with van der Waals surface area (Å²) in [6.07, 6.45) is 7.24. The van der Waals surface area contributed by atoms with E-state index in [9.17, 15) is 0 Å². The van der Waals surface area contributed by atoms with Gasteiger partial charge in [0.1, 0.15) is 16.5 Å². The van der Waals surface area contributed by atoms with Crippen molar-refractivity contribution in [2.75, 3.05) is 5.32 Å². The van der Waals surface area contributed by atoms with E-state index >= 15 is 0 Å². The molecule has 1 unspecified atom stereocenters. The average Bonchev–Trinajstić information content (AvgIpc) is 3.02. The number of rotatable bonds is 5. The Hall–Kier alpha value is -1.23. The van der Waals surface area contributed by atoms with Gasteiger partial charge < -0.3 is 11.1 Å².